The second-order valence-corrected chi connectivity index (χ2v) is 4.27. The number of nitrogens with zero attached hydrogens (tertiary/aromatic N) is 2. The second kappa shape index (κ2) is 6.69. The molecule has 1 aromatic carbocycles. The Morgan fingerprint density at radius 3 is 2.67 bits per heavy atom. The number of carbonyl (C=O) groups excluding carboxylic acids is 1. The van der Waals surface area contributed by atoms with E-state index in [-0.39, 0.29) is 5.91 Å². The minimum Gasteiger partial charge on any atom is -0.497 e. The van der Waals surface area contributed by atoms with E-state index in [1.54, 1.807) is 31.4 Å². The van der Waals surface area contributed by atoms with Crippen LogP contribution in [0.2, 0.25) is 0 Å². The van der Waals surface area contributed by atoms with Gasteiger partial charge in [0, 0.05) is 11.8 Å². The molecule has 0 saturated heterocycles. The molecule has 1 amide bonds. The van der Waals surface area contributed by atoms with E-state index < -0.39 is 0 Å². The van der Waals surface area contributed by atoms with Gasteiger partial charge in [0.25, 0.3) is 5.91 Å². The number of nitrogens with one attached hydrogen (secondary N) is 1. The highest BCUT2D eigenvalue weighted by Gasteiger charge is 2.12. The van der Waals surface area contributed by atoms with Gasteiger partial charge < -0.3 is 14.8 Å². The van der Waals surface area contributed by atoms with Crippen molar-refractivity contribution in [2.45, 2.75) is 13.3 Å². The Labute approximate surface area is 123 Å². The highest BCUT2D eigenvalue weighted by atomic mass is 16.5. The number of hydrogen-bond acceptors (Lipinski definition) is 5. The molecule has 0 radical (unpaired) electrons. The zero-order valence-electron chi connectivity index (χ0n) is 12.2. The number of amides is 1. The van der Waals surface area contributed by atoms with E-state index >= 15 is 0 Å². The molecule has 0 fully saturated rings. The monoisotopic (exact) mass is 287 g/mol. The van der Waals surface area contributed by atoms with Crippen LogP contribution in [0.1, 0.15) is 23.1 Å². The lowest BCUT2D eigenvalue weighted by molar-refractivity contribution is 0.102. The first-order chi connectivity index (χ1) is 10.2. The second-order valence-electron chi connectivity index (χ2n) is 4.27. The summed E-state index contributed by atoms with van der Waals surface area (Å²) >= 11 is 0. The van der Waals surface area contributed by atoms with Gasteiger partial charge in [0.05, 0.1) is 19.9 Å². The third-order valence-corrected chi connectivity index (χ3v) is 2.97. The van der Waals surface area contributed by atoms with Gasteiger partial charge in [-0.1, -0.05) is 6.92 Å². The lowest BCUT2D eigenvalue weighted by Gasteiger charge is -2.11. The minimum atomic E-state index is -0.321. The molecule has 0 aliphatic carbocycles. The van der Waals surface area contributed by atoms with Gasteiger partial charge in [-0.15, -0.1) is 0 Å². The van der Waals surface area contributed by atoms with Gasteiger partial charge in [0.2, 0.25) is 0 Å². The first-order valence-corrected chi connectivity index (χ1v) is 6.52. The molecular weight excluding hydrogens is 270 g/mol. The van der Waals surface area contributed by atoms with Gasteiger partial charge in [-0.2, -0.15) is 0 Å². The summed E-state index contributed by atoms with van der Waals surface area (Å²) in [6, 6.07) is 6.85. The third kappa shape index (κ3) is 3.47. The largest absolute Gasteiger partial charge is 0.497 e. The van der Waals surface area contributed by atoms with Gasteiger partial charge in [-0.25, -0.2) is 9.97 Å². The van der Waals surface area contributed by atoms with E-state index in [2.05, 4.69) is 15.3 Å². The van der Waals surface area contributed by atoms with Crippen LogP contribution in [0.3, 0.4) is 0 Å². The standard InChI is InChI=1S/C15H17N3O3/c1-4-10-7-13(17-9-16-10)15(19)18-12-8-11(20-2)5-6-14(12)21-3/h5-9H,4H2,1-3H3,(H,18,19). The molecule has 0 spiro atoms. The number of ether oxygens (including phenoxy) is 2. The summed E-state index contributed by atoms with van der Waals surface area (Å²) in [5, 5.41) is 2.77. The Morgan fingerprint density at radius 2 is 2.00 bits per heavy atom. The maximum Gasteiger partial charge on any atom is 0.274 e. The molecule has 21 heavy (non-hydrogen) atoms. The zero-order chi connectivity index (χ0) is 15.2. The van der Waals surface area contributed by atoms with E-state index in [0.717, 1.165) is 12.1 Å². The lowest BCUT2D eigenvalue weighted by atomic mass is 10.2. The van der Waals surface area contributed by atoms with Crippen LogP contribution in [-0.2, 0) is 6.42 Å². The molecule has 2 aromatic rings. The number of methoxy groups -OCH3 is 2. The molecule has 1 N–H and O–H groups in total. The summed E-state index contributed by atoms with van der Waals surface area (Å²) in [6.07, 6.45) is 2.13. The Kier molecular flexibility index (Phi) is 4.71. The van der Waals surface area contributed by atoms with E-state index in [1.165, 1.54) is 13.4 Å². The average Bonchev–Trinajstić information content (AvgIpc) is 2.54. The molecule has 0 aliphatic heterocycles. The minimum absolute atomic E-state index is 0.312. The predicted molar refractivity (Wildman–Crippen MR) is 78.9 cm³/mol. The Bertz CT molecular complexity index is 644. The molecule has 6 nitrogen and oxygen atoms in total. The molecule has 0 aliphatic rings. The van der Waals surface area contributed by atoms with Crippen molar-refractivity contribution in [1.29, 1.82) is 0 Å². The number of benzene rings is 1. The van der Waals surface area contributed by atoms with Crippen LogP contribution < -0.4 is 14.8 Å². The van der Waals surface area contributed by atoms with E-state index in [1.807, 2.05) is 6.92 Å². The molecule has 1 heterocycles. The number of anilines is 1. The first kappa shape index (κ1) is 14.8. The van der Waals surface area contributed by atoms with Crippen molar-refractivity contribution in [3.05, 3.63) is 42.0 Å². The first-order valence-electron chi connectivity index (χ1n) is 6.52. The van der Waals surface area contributed by atoms with Crippen molar-refractivity contribution in [2.24, 2.45) is 0 Å². The molecular formula is C15H17N3O3. The number of rotatable bonds is 5. The number of aryl methyl sites for hydroxylation is 1. The Morgan fingerprint density at radius 1 is 1.19 bits per heavy atom. The lowest BCUT2D eigenvalue weighted by Crippen LogP contribution is -2.15. The van der Waals surface area contributed by atoms with Gasteiger partial charge >= 0.3 is 0 Å². The molecule has 0 unspecified atom stereocenters. The predicted octanol–water partition coefficient (Wildman–Crippen LogP) is 2.31. The summed E-state index contributed by atoms with van der Waals surface area (Å²) in [6.45, 7) is 1.97. The molecule has 0 atom stereocenters. The van der Waals surface area contributed by atoms with Crippen LogP contribution >= 0.6 is 0 Å². The SMILES string of the molecule is CCc1cc(C(=O)Nc2cc(OC)ccc2OC)ncn1. The maximum atomic E-state index is 12.3. The summed E-state index contributed by atoms with van der Waals surface area (Å²) in [7, 11) is 3.10. The van der Waals surface area contributed by atoms with Crippen molar-refractivity contribution in [2.75, 3.05) is 19.5 Å². The zero-order valence-corrected chi connectivity index (χ0v) is 12.2. The van der Waals surface area contributed by atoms with Crippen LogP contribution in [0.4, 0.5) is 5.69 Å². The fraction of sp³-hybridized carbons (Fsp3) is 0.267. The summed E-state index contributed by atoms with van der Waals surface area (Å²) in [5.41, 5.74) is 1.65. The van der Waals surface area contributed by atoms with Crippen molar-refractivity contribution in [3.63, 3.8) is 0 Å². The van der Waals surface area contributed by atoms with Crippen LogP contribution in [0.15, 0.2) is 30.6 Å². The molecule has 2 rings (SSSR count). The molecule has 110 valence electrons. The molecule has 1 aromatic heterocycles. The van der Waals surface area contributed by atoms with E-state index in [9.17, 15) is 4.79 Å². The topological polar surface area (TPSA) is 73.3 Å². The highest BCUT2D eigenvalue weighted by Crippen LogP contribution is 2.29. The van der Waals surface area contributed by atoms with Crippen molar-refractivity contribution in [3.8, 4) is 11.5 Å². The fourth-order valence-electron chi connectivity index (χ4n) is 1.81. The normalized spacial score (nSPS) is 10.0. The molecule has 0 bridgehead atoms. The number of hydrogen-bond donors (Lipinski definition) is 1. The summed E-state index contributed by atoms with van der Waals surface area (Å²) < 4.78 is 10.4. The van der Waals surface area contributed by atoms with Gasteiger partial charge in [0.15, 0.2) is 0 Å². The Balaban J connectivity index is 2.25. The van der Waals surface area contributed by atoms with Crippen LogP contribution in [0, 0.1) is 0 Å². The van der Waals surface area contributed by atoms with E-state index in [4.69, 9.17) is 9.47 Å². The third-order valence-electron chi connectivity index (χ3n) is 2.97. The Hall–Kier alpha value is -2.63. The van der Waals surface area contributed by atoms with Gasteiger partial charge in [-0.05, 0) is 24.6 Å². The average molecular weight is 287 g/mol. The smallest absolute Gasteiger partial charge is 0.274 e. The molecule has 6 heteroatoms. The summed E-state index contributed by atoms with van der Waals surface area (Å²) in [5.74, 6) is 0.857. The van der Waals surface area contributed by atoms with Crippen molar-refractivity contribution in [1.82, 2.24) is 9.97 Å². The highest BCUT2D eigenvalue weighted by molar-refractivity contribution is 6.03. The maximum absolute atomic E-state index is 12.3. The number of aromatic nitrogens is 2. The van der Waals surface area contributed by atoms with Crippen molar-refractivity contribution < 1.29 is 14.3 Å². The van der Waals surface area contributed by atoms with E-state index in [0.29, 0.717) is 22.9 Å². The van der Waals surface area contributed by atoms with Crippen LogP contribution in [0.25, 0.3) is 0 Å². The fourth-order valence-corrected chi connectivity index (χ4v) is 1.81. The van der Waals surface area contributed by atoms with Gasteiger partial charge in [0.1, 0.15) is 23.5 Å². The van der Waals surface area contributed by atoms with Crippen LogP contribution in [-0.4, -0.2) is 30.1 Å². The summed E-state index contributed by atoms with van der Waals surface area (Å²) in [4.78, 5) is 20.3. The molecule has 0 saturated carbocycles. The quantitative estimate of drug-likeness (QED) is 0.913. The number of carbonyl (C=O) groups is 1. The van der Waals surface area contributed by atoms with Gasteiger partial charge in [-0.3, -0.25) is 4.79 Å². The van der Waals surface area contributed by atoms with Crippen LogP contribution in [0.5, 0.6) is 11.5 Å². The van der Waals surface area contributed by atoms with Crippen molar-refractivity contribution >= 4 is 11.6 Å².